The third-order valence-electron chi connectivity index (χ3n) is 1.62. The smallest absolute Gasteiger partial charge is 0.147 e. The van der Waals surface area contributed by atoms with Gasteiger partial charge in [-0.3, -0.25) is 0 Å². The Morgan fingerprint density at radius 3 is 2.82 bits per heavy atom. The first-order chi connectivity index (χ1) is 5.29. The molecule has 1 N–H and O–H groups in total. The summed E-state index contributed by atoms with van der Waals surface area (Å²) < 4.78 is 12.9. The fourth-order valence-electron chi connectivity index (χ4n) is 1.09. The van der Waals surface area contributed by atoms with Gasteiger partial charge < -0.3 is 4.98 Å². The minimum Gasteiger partial charge on any atom is -0.359 e. The van der Waals surface area contributed by atoms with Gasteiger partial charge in [-0.1, -0.05) is 11.6 Å². The van der Waals surface area contributed by atoms with Crippen molar-refractivity contribution in [1.82, 2.24) is 4.98 Å². The molecule has 1 heterocycles. The molecule has 1 aromatic carbocycles. The topological polar surface area (TPSA) is 15.8 Å². The molecular formula is C8H5ClFN. The summed E-state index contributed by atoms with van der Waals surface area (Å²) in [6.45, 7) is 0. The summed E-state index contributed by atoms with van der Waals surface area (Å²) in [5, 5.41) is 1.30. The van der Waals surface area contributed by atoms with E-state index in [1.165, 1.54) is 6.07 Å². The Kier molecular flexibility index (Phi) is 1.36. The van der Waals surface area contributed by atoms with Crippen LogP contribution in [0.25, 0.3) is 10.9 Å². The number of aromatic nitrogens is 1. The Hall–Kier alpha value is -1.02. The summed E-state index contributed by atoms with van der Waals surface area (Å²) in [6, 6.07) is 4.65. The average Bonchev–Trinajstić information content (AvgIpc) is 2.45. The molecule has 2 rings (SSSR count). The second kappa shape index (κ2) is 2.24. The predicted octanol–water partition coefficient (Wildman–Crippen LogP) is 2.96. The van der Waals surface area contributed by atoms with Gasteiger partial charge in [0, 0.05) is 11.6 Å². The zero-order valence-corrected chi connectivity index (χ0v) is 6.32. The monoisotopic (exact) mass is 169 g/mol. The van der Waals surface area contributed by atoms with Gasteiger partial charge in [-0.2, -0.15) is 0 Å². The van der Waals surface area contributed by atoms with E-state index >= 15 is 0 Å². The van der Waals surface area contributed by atoms with Crippen LogP contribution in [0.4, 0.5) is 4.39 Å². The predicted molar refractivity (Wildman–Crippen MR) is 43.3 cm³/mol. The fourth-order valence-corrected chi connectivity index (χ4v) is 1.31. The molecule has 0 unspecified atom stereocenters. The van der Waals surface area contributed by atoms with Gasteiger partial charge in [0.2, 0.25) is 0 Å². The van der Waals surface area contributed by atoms with E-state index in [0.29, 0.717) is 10.5 Å². The van der Waals surface area contributed by atoms with Crippen LogP contribution in [0, 0.1) is 5.82 Å². The van der Waals surface area contributed by atoms with Gasteiger partial charge in [-0.25, -0.2) is 4.39 Å². The van der Waals surface area contributed by atoms with Crippen molar-refractivity contribution in [3.05, 3.63) is 35.2 Å². The van der Waals surface area contributed by atoms with Crippen LogP contribution in [-0.4, -0.2) is 4.98 Å². The van der Waals surface area contributed by atoms with Crippen LogP contribution in [0.1, 0.15) is 0 Å². The van der Waals surface area contributed by atoms with Crippen molar-refractivity contribution in [2.75, 3.05) is 0 Å². The van der Waals surface area contributed by atoms with Crippen LogP contribution in [0.2, 0.25) is 5.02 Å². The Labute approximate surface area is 67.8 Å². The zero-order chi connectivity index (χ0) is 7.84. The normalized spacial score (nSPS) is 10.7. The molecule has 0 bridgehead atoms. The van der Waals surface area contributed by atoms with Crippen LogP contribution in [0.5, 0.6) is 0 Å². The molecule has 0 fully saturated rings. The van der Waals surface area contributed by atoms with Crippen molar-refractivity contribution in [2.24, 2.45) is 0 Å². The lowest BCUT2D eigenvalue weighted by Gasteiger charge is -1.93. The summed E-state index contributed by atoms with van der Waals surface area (Å²) >= 11 is 5.78. The first kappa shape index (κ1) is 6.68. The Bertz CT molecular complexity index is 358. The summed E-state index contributed by atoms with van der Waals surface area (Å²) in [5.41, 5.74) is 0.470. The highest BCUT2D eigenvalue weighted by Gasteiger charge is 2.03. The molecule has 0 amide bonds. The van der Waals surface area contributed by atoms with Crippen LogP contribution in [0.3, 0.4) is 0 Å². The molecule has 56 valence electrons. The van der Waals surface area contributed by atoms with E-state index < -0.39 is 0 Å². The maximum atomic E-state index is 12.9. The van der Waals surface area contributed by atoms with E-state index in [1.807, 2.05) is 0 Å². The second-order valence-electron chi connectivity index (χ2n) is 2.30. The van der Waals surface area contributed by atoms with Crippen molar-refractivity contribution >= 4 is 22.5 Å². The van der Waals surface area contributed by atoms with E-state index in [-0.39, 0.29) is 5.82 Å². The summed E-state index contributed by atoms with van der Waals surface area (Å²) in [4.78, 5) is 2.77. The first-order valence-corrected chi connectivity index (χ1v) is 3.58. The highest BCUT2D eigenvalue weighted by atomic mass is 35.5. The van der Waals surface area contributed by atoms with Crippen LogP contribution in [0.15, 0.2) is 24.4 Å². The Morgan fingerprint density at radius 1 is 1.27 bits per heavy atom. The van der Waals surface area contributed by atoms with Crippen molar-refractivity contribution in [2.45, 2.75) is 0 Å². The summed E-state index contributed by atoms with van der Waals surface area (Å²) in [7, 11) is 0. The number of rotatable bonds is 0. The molecule has 3 heteroatoms. The van der Waals surface area contributed by atoms with E-state index in [0.717, 1.165) is 5.39 Å². The number of nitrogens with one attached hydrogen (secondary N) is 1. The van der Waals surface area contributed by atoms with Crippen molar-refractivity contribution in [3.63, 3.8) is 0 Å². The molecule has 11 heavy (non-hydrogen) atoms. The van der Waals surface area contributed by atoms with Crippen LogP contribution >= 0.6 is 11.6 Å². The SMILES string of the molecule is Fc1ccc(Cl)c2cc[nH]c12. The van der Waals surface area contributed by atoms with Gasteiger partial charge in [0.05, 0.1) is 10.5 Å². The van der Waals surface area contributed by atoms with E-state index in [9.17, 15) is 4.39 Å². The number of H-pyrrole nitrogens is 1. The second-order valence-corrected chi connectivity index (χ2v) is 2.70. The van der Waals surface area contributed by atoms with Crippen molar-refractivity contribution < 1.29 is 4.39 Å². The van der Waals surface area contributed by atoms with Gasteiger partial charge in [0.15, 0.2) is 0 Å². The molecule has 0 saturated heterocycles. The molecule has 1 aromatic heterocycles. The third kappa shape index (κ3) is 0.906. The van der Waals surface area contributed by atoms with Gasteiger partial charge >= 0.3 is 0 Å². The molecule has 0 aliphatic carbocycles. The minimum absolute atomic E-state index is 0.269. The largest absolute Gasteiger partial charge is 0.359 e. The van der Waals surface area contributed by atoms with E-state index in [1.54, 1.807) is 18.3 Å². The van der Waals surface area contributed by atoms with Gasteiger partial charge in [-0.05, 0) is 18.2 Å². The number of halogens is 2. The number of hydrogen-bond donors (Lipinski definition) is 1. The fraction of sp³-hybridized carbons (Fsp3) is 0. The Morgan fingerprint density at radius 2 is 2.09 bits per heavy atom. The summed E-state index contributed by atoms with van der Waals surface area (Å²) in [5.74, 6) is -0.269. The van der Waals surface area contributed by atoms with E-state index in [2.05, 4.69) is 4.98 Å². The molecule has 1 nitrogen and oxygen atoms in total. The van der Waals surface area contributed by atoms with Gasteiger partial charge in [0.1, 0.15) is 5.82 Å². The zero-order valence-electron chi connectivity index (χ0n) is 5.57. The number of hydrogen-bond acceptors (Lipinski definition) is 0. The molecule has 0 aliphatic rings. The van der Waals surface area contributed by atoms with Crippen LogP contribution < -0.4 is 0 Å². The van der Waals surface area contributed by atoms with Crippen LogP contribution in [-0.2, 0) is 0 Å². The van der Waals surface area contributed by atoms with Gasteiger partial charge in [0.25, 0.3) is 0 Å². The molecule has 2 aromatic rings. The number of fused-ring (bicyclic) bond motifs is 1. The summed E-state index contributed by atoms with van der Waals surface area (Å²) in [6.07, 6.45) is 1.67. The number of benzene rings is 1. The average molecular weight is 170 g/mol. The lowest BCUT2D eigenvalue weighted by atomic mass is 10.2. The highest BCUT2D eigenvalue weighted by Crippen LogP contribution is 2.24. The highest BCUT2D eigenvalue weighted by molar-refractivity contribution is 6.35. The standard InChI is InChI=1S/C8H5ClFN/c9-6-1-2-7(10)8-5(6)3-4-11-8/h1-4,11H. The molecule has 0 aliphatic heterocycles. The lowest BCUT2D eigenvalue weighted by molar-refractivity contribution is 0.637. The maximum absolute atomic E-state index is 12.9. The molecule has 0 saturated carbocycles. The third-order valence-corrected chi connectivity index (χ3v) is 1.95. The Balaban J connectivity index is 2.96. The number of aromatic amines is 1. The lowest BCUT2D eigenvalue weighted by Crippen LogP contribution is -1.76. The minimum atomic E-state index is -0.269. The quantitative estimate of drug-likeness (QED) is 0.624. The maximum Gasteiger partial charge on any atom is 0.147 e. The molecule has 0 atom stereocenters. The first-order valence-electron chi connectivity index (χ1n) is 3.20. The van der Waals surface area contributed by atoms with Crippen molar-refractivity contribution in [3.8, 4) is 0 Å². The molecular weight excluding hydrogens is 165 g/mol. The van der Waals surface area contributed by atoms with Crippen molar-refractivity contribution in [1.29, 1.82) is 0 Å². The molecule has 0 radical (unpaired) electrons. The molecule has 0 spiro atoms. The van der Waals surface area contributed by atoms with E-state index in [4.69, 9.17) is 11.6 Å². The van der Waals surface area contributed by atoms with Gasteiger partial charge in [-0.15, -0.1) is 0 Å².